The molecule has 1 saturated carbocycles. The molecule has 5 heteroatoms. The van der Waals surface area contributed by atoms with Gasteiger partial charge in [0.15, 0.2) is 5.82 Å². The molecule has 2 fully saturated rings. The quantitative estimate of drug-likeness (QED) is 0.900. The summed E-state index contributed by atoms with van der Waals surface area (Å²) >= 11 is 0. The van der Waals surface area contributed by atoms with Crippen molar-refractivity contribution in [2.24, 2.45) is 5.73 Å². The number of hydrogen-bond acceptors (Lipinski definition) is 5. The fourth-order valence-electron chi connectivity index (χ4n) is 3.28. The third-order valence-electron chi connectivity index (χ3n) is 4.56. The van der Waals surface area contributed by atoms with Crippen LogP contribution in [0.3, 0.4) is 0 Å². The van der Waals surface area contributed by atoms with Crippen molar-refractivity contribution in [3.8, 4) is 0 Å². The average molecular weight is 265 g/mol. The first-order valence-corrected chi connectivity index (χ1v) is 7.47. The summed E-state index contributed by atoms with van der Waals surface area (Å²) in [4.78, 5) is 4.59. The van der Waals surface area contributed by atoms with Gasteiger partial charge in [0.05, 0.1) is 11.5 Å². The maximum Gasteiger partial charge on any atom is 0.234 e. The zero-order valence-electron chi connectivity index (χ0n) is 11.4. The standard InChI is InChI=1S/C14H23N3O2/c15-10-14(6-2-3-7-14)13-16-12(17-19-13)9-11-5-1-4-8-18-11/h11H,1-10,15H2. The number of nitrogens with zero attached hydrogens (tertiary/aromatic N) is 2. The Morgan fingerprint density at radius 3 is 2.74 bits per heavy atom. The van der Waals surface area contributed by atoms with Crippen LogP contribution in [-0.4, -0.2) is 29.4 Å². The first-order chi connectivity index (χ1) is 9.32. The zero-order chi connectivity index (χ0) is 13.1. The van der Waals surface area contributed by atoms with Crippen LogP contribution >= 0.6 is 0 Å². The summed E-state index contributed by atoms with van der Waals surface area (Å²) in [5.41, 5.74) is 5.88. The largest absolute Gasteiger partial charge is 0.378 e. The minimum atomic E-state index is -0.0569. The Hall–Kier alpha value is -0.940. The Morgan fingerprint density at radius 1 is 1.21 bits per heavy atom. The molecule has 1 unspecified atom stereocenters. The van der Waals surface area contributed by atoms with Crippen LogP contribution in [0.1, 0.15) is 56.7 Å². The van der Waals surface area contributed by atoms with Crippen LogP contribution in [0.25, 0.3) is 0 Å². The lowest BCUT2D eigenvalue weighted by Crippen LogP contribution is -2.32. The molecule has 106 valence electrons. The molecule has 2 aliphatic rings. The van der Waals surface area contributed by atoms with E-state index in [2.05, 4.69) is 10.1 Å². The van der Waals surface area contributed by atoms with Crippen LogP contribution < -0.4 is 5.73 Å². The molecular weight excluding hydrogens is 242 g/mol. The molecule has 0 spiro atoms. The monoisotopic (exact) mass is 265 g/mol. The van der Waals surface area contributed by atoms with E-state index >= 15 is 0 Å². The number of ether oxygens (including phenoxy) is 1. The summed E-state index contributed by atoms with van der Waals surface area (Å²) in [7, 11) is 0. The molecule has 2 N–H and O–H groups in total. The predicted molar refractivity (Wildman–Crippen MR) is 70.8 cm³/mol. The average Bonchev–Trinajstić information content (AvgIpc) is 3.09. The van der Waals surface area contributed by atoms with E-state index in [0.29, 0.717) is 6.54 Å². The Kier molecular flexibility index (Phi) is 3.84. The third kappa shape index (κ3) is 2.67. The summed E-state index contributed by atoms with van der Waals surface area (Å²) < 4.78 is 11.2. The van der Waals surface area contributed by atoms with E-state index in [4.69, 9.17) is 15.0 Å². The second-order valence-corrected chi connectivity index (χ2v) is 5.90. The van der Waals surface area contributed by atoms with Gasteiger partial charge in [-0.25, -0.2) is 0 Å². The van der Waals surface area contributed by atoms with Gasteiger partial charge in [-0.15, -0.1) is 0 Å². The van der Waals surface area contributed by atoms with Gasteiger partial charge in [0.25, 0.3) is 0 Å². The first-order valence-electron chi connectivity index (χ1n) is 7.47. The highest BCUT2D eigenvalue weighted by Crippen LogP contribution is 2.39. The molecule has 0 bridgehead atoms. The summed E-state index contributed by atoms with van der Waals surface area (Å²) in [5, 5.41) is 4.13. The summed E-state index contributed by atoms with van der Waals surface area (Å²) in [6, 6.07) is 0. The van der Waals surface area contributed by atoms with Crippen molar-refractivity contribution in [3.05, 3.63) is 11.7 Å². The highest BCUT2D eigenvalue weighted by Gasteiger charge is 2.39. The lowest BCUT2D eigenvalue weighted by Gasteiger charge is -2.22. The molecule has 1 aromatic heterocycles. The zero-order valence-corrected chi connectivity index (χ0v) is 11.4. The second kappa shape index (κ2) is 5.59. The summed E-state index contributed by atoms with van der Waals surface area (Å²) in [5.74, 6) is 1.53. The van der Waals surface area contributed by atoms with E-state index in [0.717, 1.165) is 44.0 Å². The number of aromatic nitrogens is 2. The van der Waals surface area contributed by atoms with E-state index in [1.165, 1.54) is 25.7 Å². The van der Waals surface area contributed by atoms with Crippen molar-refractivity contribution >= 4 is 0 Å². The lowest BCUT2D eigenvalue weighted by atomic mass is 9.86. The smallest absolute Gasteiger partial charge is 0.234 e. The molecule has 1 aliphatic heterocycles. The molecule has 0 radical (unpaired) electrons. The molecule has 0 aromatic carbocycles. The van der Waals surface area contributed by atoms with Crippen LogP contribution in [0.15, 0.2) is 4.52 Å². The maximum absolute atomic E-state index is 5.94. The summed E-state index contributed by atoms with van der Waals surface area (Å²) in [6.45, 7) is 1.47. The van der Waals surface area contributed by atoms with Gasteiger partial charge in [-0.3, -0.25) is 0 Å². The van der Waals surface area contributed by atoms with Crippen molar-refractivity contribution in [2.45, 2.75) is 62.9 Å². The number of nitrogens with two attached hydrogens (primary N) is 1. The molecular formula is C14H23N3O2. The molecule has 1 atom stereocenters. The van der Waals surface area contributed by atoms with Gasteiger partial charge >= 0.3 is 0 Å². The Morgan fingerprint density at radius 2 is 2.05 bits per heavy atom. The lowest BCUT2D eigenvalue weighted by molar-refractivity contribution is 0.0153. The van der Waals surface area contributed by atoms with Crippen LogP contribution in [0.5, 0.6) is 0 Å². The first kappa shape index (κ1) is 13.1. The van der Waals surface area contributed by atoms with E-state index in [1.807, 2.05) is 0 Å². The molecule has 1 saturated heterocycles. The van der Waals surface area contributed by atoms with Crippen molar-refractivity contribution in [2.75, 3.05) is 13.2 Å². The van der Waals surface area contributed by atoms with Crippen molar-refractivity contribution in [1.82, 2.24) is 10.1 Å². The topological polar surface area (TPSA) is 74.2 Å². The molecule has 3 rings (SSSR count). The number of rotatable bonds is 4. The van der Waals surface area contributed by atoms with Crippen LogP contribution in [0, 0.1) is 0 Å². The summed E-state index contributed by atoms with van der Waals surface area (Å²) in [6.07, 6.45) is 9.11. The van der Waals surface area contributed by atoms with Crippen molar-refractivity contribution in [1.29, 1.82) is 0 Å². The fraction of sp³-hybridized carbons (Fsp3) is 0.857. The Balaban J connectivity index is 1.68. The highest BCUT2D eigenvalue weighted by molar-refractivity contribution is 5.09. The van der Waals surface area contributed by atoms with E-state index in [1.54, 1.807) is 0 Å². The van der Waals surface area contributed by atoms with Crippen molar-refractivity contribution < 1.29 is 9.26 Å². The molecule has 1 aromatic rings. The molecule has 1 aliphatic carbocycles. The minimum absolute atomic E-state index is 0.0569. The van der Waals surface area contributed by atoms with Gasteiger partial charge in [0.2, 0.25) is 5.89 Å². The molecule has 19 heavy (non-hydrogen) atoms. The highest BCUT2D eigenvalue weighted by atomic mass is 16.5. The van der Waals surface area contributed by atoms with Crippen LogP contribution in [0.2, 0.25) is 0 Å². The fourth-order valence-corrected chi connectivity index (χ4v) is 3.28. The van der Waals surface area contributed by atoms with E-state index in [-0.39, 0.29) is 11.5 Å². The molecule has 5 nitrogen and oxygen atoms in total. The Labute approximate surface area is 113 Å². The maximum atomic E-state index is 5.94. The minimum Gasteiger partial charge on any atom is -0.378 e. The van der Waals surface area contributed by atoms with Crippen molar-refractivity contribution in [3.63, 3.8) is 0 Å². The van der Waals surface area contributed by atoms with Crippen LogP contribution in [-0.2, 0) is 16.6 Å². The third-order valence-corrected chi connectivity index (χ3v) is 4.56. The van der Waals surface area contributed by atoms with Gasteiger partial charge in [0.1, 0.15) is 0 Å². The van der Waals surface area contributed by atoms with Gasteiger partial charge in [-0.05, 0) is 32.1 Å². The number of hydrogen-bond donors (Lipinski definition) is 1. The van der Waals surface area contributed by atoms with Gasteiger partial charge in [-0.2, -0.15) is 4.98 Å². The SMILES string of the molecule is NCC1(c2nc(CC3CCCCO3)no2)CCCC1. The normalized spacial score (nSPS) is 26.7. The second-order valence-electron chi connectivity index (χ2n) is 5.90. The van der Waals surface area contributed by atoms with E-state index in [9.17, 15) is 0 Å². The molecule has 0 amide bonds. The van der Waals surface area contributed by atoms with E-state index < -0.39 is 0 Å². The van der Waals surface area contributed by atoms with Crippen LogP contribution in [0.4, 0.5) is 0 Å². The Bertz CT molecular complexity index is 407. The van der Waals surface area contributed by atoms with Gasteiger partial charge in [0, 0.05) is 19.6 Å². The van der Waals surface area contributed by atoms with Gasteiger partial charge < -0.3 is 15.0 Å². The molecule has 2 heterocycles. The predicted octanol–water partition coefficient (Wildman–Crippen LogP) is 1.95. The van der Waals surface area contributed by atoms with Gasteiger partial charge in [-0.1, -0.05) is 18.0 Å².